The molecule has 2 aliphatic rings. The minimum atomic E-state index is -0.226. The normalized spacial score (nSPS) is 19.1. The highest BCUT2D eigenvalue weighted by Crippen LogP contribution is 2.29. The molecule has 27 heavy (non-hydrogen) atoms. The van der Waals surface area contributed by atoms with Crippen molar-refractivity contribution in [2.45, 2.75) is 31.4 Å². The van der Waals surface area contributed by atoms with Gasteiger partial charge in [-0.1, -0.05) is 12.1 Å². The number of rotatable bonds is 6. The lowest BCUT2D eigenvalue weighted by molar-refractivity contribution is 0.0640. The second kappa shape index (κ2) is 7.36. The Morgan fingerprint density at radius 1 is 1.15 bits per heavy atom. The largest absolute Gasteiger partial charge is 0.484 e. The summed E-state index contributed by atoms with van der Waals surface area (Å²) in [5, 5.41) is 0. The zero-order valence-corrected chi connectivity index (χ0v) is 14.8. The van der Waals surface area contributed by atoms with E-state index in [-0.39, 0.29) is 24.0 Å². The van der Waals surface area contributed by atoms with Crippen LogP contribution in [-0.2, 0) is 0 Å². The van der Waals surface area contributed by atoms with Crippen LogP contribution in [0.25, 0.3) is 0 Å². The van der Waals surface area contributed by atoms with Crippen LogP contribution in [0.5, 0.6) is 11.6 Å². The molecule has 0 radical (unpaired) electrons. The molecule has 7 nitrogen and oxygen atoms in total. The summed E-state index contributed by atoms with van der Waals surface area (Å²) in [6, 6.07) is 10.4. The minimum Gasteiger partial charge on any atom is -0.484 e. The molecule has 2 aromatic rings. The number of benzene rings is 1. The quantitative estimate of drug-likeness (QED) is 0.785. The second-order valence-corrected chi connectivity index (χ2v) is 6.80. The number of nitrogens with zero attached hydrogens (tertiary/aromatic N) is 2. The molecule has 2 aliphatic heterocycles. The number of ether oxygens (including phenoxy) is 2. The van der Waals surface area contributed by atoms with Crippen LogP contribution in [0.1, 0.15) is 40.0 Å². The van der Waals surface area contributed by atoms with Crippen LogP contribution < -0.4 is 15.2 Å². The zero-order chi connectivity index (χ0) is 18.8. The van der Waals surface area contributed by atoms with Crippen molar-refractivity contribution >= 4 is 11.8 Å². The first-order valence-corrected chi connectivity index (χ1v) is 9.09. The van der Waals surface area contributed by atoms with Gasteiger partial charge < -0.3 is 15.2 Å². The fraction of sp³-hybridized carbons (Fsp3) is 0.350. The fourth-order valence-corrected chi connectivity index (χ4v) is 3.47. The summed E-state index contributed by atoms with van der Waals surface area (Å²) < 4.78 is 11.5. The molecule has 2 amide bonds. The number of fused-ring (bicyclic) bond motifs is 2. The maximum atomic E-state index is 12.3. The first kappa shape index (κ1) is 17.5. The number of carbonyl (C=O) groups is 2. The van der Waals surface area contributed by atoms with E-state index < -0.39 is 0 Å². The average molecular weight is 367 g/mol. The second-order valence-electron chi connectivity index (χ2n) is 6.80. The molecular weight excluding hydrogens is 346 g/mol. The predicted octanol–water partition coefficient (Wildman–Crippen LogP) is 2.02. The van der Waals surface area contributed by atoms with E-state index in [9.17, 15) is 9.59 Å². The summed E-state index contributed by atoms with van der Waals surface area (Å²) in [7, 11) is 0. The summed E-state index contributed by atoms with van der Waals surface area (Å²) >= 11 is 0. The number of pyridine rings is 1. The van der Waals surface area contributed by atoms with E-state index >= 15 is 0 Å². The van der Waals surface area contributed by atoms with Crippen molar-refractivity contribution < 1.29 is 19.1 Å². The third-order valence-corrected chi connectivity index (χ3v) is 4.84. The number of carbonyl (C=O) groups excluding carboxylic acids is 2. The Labute approximate surface area is 157 Å². The molecule has 140 valence electrons. The first-order valence-electron chi connectivity index (χ1n) is 9.09. The van der Waals surface area contributed by atoms with E-state index in [4.69, 9.17) is 15.2 Å². The average Bonchev–Trinajstić information content (AvgIpc) is 2.93. The fourth-order valence-electron chi connectivity index (χ4n) is 3.47. The third kappa shape index (κ3) is 3.50. The summed E-state index contributed by atoms with van der Waals surface area (Å²) in [6.45, 7) is 0.803. The van der Waals surface area contributed by atoms with Gasteiger partial charge in [0.05, 0.1) is 11.1 Å². The van der Waals surface area contributed by atoms with E-state index in [1.807, 2.05) is 6.07 Å². The Balaban J connectivity index is 1.26. The lowest BCUT2D eigenvalue weighted by Gasteiger charge is -2.27. The maximum absolute atomic E-state index is 12.3. The third-order valence-electron chi connectivity index (χ3n) is 4.84. The van der Waals surface area contributed by atoms with Crippen molar-refractivity contribution in [3.63, 3.8) is 0 Å². The number of hydrogen-bond acceptors (Lipinski definition) is 6. The molecular formula is C20H21N3O4. The predicted molar refractivity (Wildman–Crippen MR) is 97.8 cm³/mol. The highest BCUT2D eigenvalue weighted by molar-refractivity contribution is 6.21. The number of nitrogens with two attached hydrogens (primary N) is 1. The van der Waals surface area contributed by atoms with Gasteiger partial charge in [-0.3, -0.25) is 14.5 Å². The molecule has 1 aromatic carbocycles. The molecule has 7 heteroatoms. The molecule has 3 heterocycles. The lowest BCUT2D eigenvalue weighted by atomic mass is 10.0. The molecule has 2 atom stereocenters. The Bertz CT molecular complexity index is 835. The summed E-state index contributed by atoms with van der Waals surface area (Å²) in [6.07, 6.45) is 3.46. The number of imide groups is 1. The van der Waals surface area contributed by atoms with E-state index in [0.29, 0.717) is 55.2 Å². The van der Waals surface area contributed by atoms with Gasteiger partial charge in [0.25, 0.3) is 17.7 Å². The topological polar surface area (TPSA) is 94.8 Å². The van der Waals surface area contributed by atoms with Crippen molar-refractivity contribution in [1.82, 2.24) is 9.88 Å². The lowest BCUT2D eigenvalue weighted by Crippen LogP contribution is -2.37. The SMILES string of the molecule is NC(CCCN1C(=O)c2ccccc2C1=O)CC1COc2cccnc2O1. The van der Waals surface area contributed by atoms with E-state index in [1.165, 1.54) is 4.90 Å². The van der Waals surface area contributed by atoms with Gasteiger partial charge in [-0.05, 0) is 37.1 Å². The summed E-state index contributed by atoms with van der Waals surface area (Å²) in [5.41, 5.74) is 7.17. The molecule has 0 saturated heterocycles. The van der Waals surface area contributed by atoms with E-state index in [2.05, 4.69) is 4.98 Å². The smallest absolute Gasteiger partial charge is 0.261 e. The molecule has 2 unspecified atom stereocenters. The standard InChI is InChI=1S/C20H21N3O4/c21-13(11-14-12-26-17-8-3-9-22-18(17)27-14)5-4-10-23-19(24)15-6-1-2-7-16(15)20(23)25/h1-3,6-9,13-14H,4-5,10-12,21H2. The molecule has 0 aliphatic carbocycles. The van der Waals surface area contributed by atoms with Crippen LogP contribution >= 0.6 is 0 Å². The van der Waals surface area contributed by atoms with E-state index in [0.717, 1.165) is 0 Å². The van der Waals surface area contributed by atoms with Crippen LogP contribution in [0.3, 0.4) is 0 Å². The highest BCUT2D eigenvalue weighted by atomic mass is 16.6. The Kier molecular flexibility index (Phi) is 4.77. The van der Waals surface area contributed by atoms with E-state index in [1.54, 1.807) is 36.5 Å². The van der Waals surface area contributed by atoms with Gasteiger partial charge in [-0.25, -0.2) is 4.98 Å². The Morgan fingerprint density at radius 2 is 1.89 bits per heavy atom. The van der Waals surface area contributed by atoms with Gasteiger partial charge in [0, 0.05) is 25.2 Å². The molecule has 1 aromatic heterocycles. The van der Waals surface area contributed by atoms with Crippen LogP contribution in [0.15, 0.2) is 42.6 Å². The zero-order valence-electron chi connectivity index (χ0n) is 14.8. The minimum absolute atomic E-state index is 0.112. The van der Waals surface area contributed by atoms with Crippen molar-refractivity contribution in [2.24, 2.45) is 5.73 Å². The van der Waals surface area contributed by atoms with Gasteiger partial charge >= 0.3 is 0 Å². The van der Waals surface area contributed by atoms with Gasteiger partial charge in [0.2, 0.25) is 0 Å². The Hall–Kier alpha value is -2.93. The molecule has 2 N–H and O–H groups in total. The van der Waals surface area contributed by atoms with Gasteiger partial charge in [-0.15, -0.1) is 0 Å². The van der Waals surface area contributed by atoms with Crippen molar-refractivity contribution in [3.05, 3.63) is 53.7 Å². The molecule has 0 saturated carbocycles. The van der Waals surface area contributed by atoms with Crippen molar-refractivity contribution in [1.29, 1.82) is 0 Å². The van der Waals surface area contributed by atoms with Crippen molar-refractivity contribution in [3.8, 4) is 11.6 Å². The first-order chi connectivity index (χ1) is 13.1. The number of aromatic nitrogens is 1. The van der Waals surface area contributed by atoms with Crippen molar-refractivity contribution in [2.75, 3.05) is 13.2 Å². The van der Waals surface area contributed by atoms with Crippen LogP contribution in [0.4, 0.5) is 0 Å². The summed E-state index contributed by atoms with van der Waals surface area (Å²) in [4.78, 5) is 30.2. The van der Waals surface area contributed by atoms with Crippen LogP contribution in [-0.4, -0.2) is 47.0 Å². The maximum Gasteiger partial charge on any atom is 0.261 e. The van der Waals surface area contributed by atoms with Crippen LogP contribution in [0.2, 0.25) is 0 Å². The van der Waals surface area contributed by atoms with Gasteiger partial charge in [-0.2, -0.15) is 0 Å². The molecule has 0 fully saturated rings. The van der Waals surface area contributed by atoms with Crippen LogP contribution in [0, 0.1) is 0 Å². The summed E-state index contributed by atoms with van der Waals surface area (Å²) in [5.74, 6) is 0.687. The molecule has 4 rings (SSSR count). The molecule has 0 spiro atoms. The highest BCUT2D eigenvalue weighted by Gasteiger charge is 2.34. The number of amides is 2. The number of hydrogen-bond donors (Lipinski definition) is 1. The Morgan fingerprint density at radius 3 is 2.63 bits per heavy atom. The monoisotopic (exact) mass is 367 g/mol. The molecule has 0 bridgehead atoms. The van der Waals surface area contributed by atoms with Gasteiger partial charge in [0.15, 0.2) is 5.75 Å². The van der Waals surface area contributed by atoms with Gasteiger partial charge in [0.1, 0.15) is 12.7 Å².